The van der Waals surface area contributed by atoms with Crippen LogP contribution in [-0.4, -0.2) is 32.8 Å². The fourth-order valence-electron chi connectivity index (χ4n) is 1.98. The Morgan fingerprint density at radius 2 is 1.78 bits per heavy atom. The largest absolute Gasteiger partial charge is 0.494 e. The fourth-order valence-corrected chi connectivity index (χ4v) is 1.98. The van der Waals surface area contributed by atoms with Crippen LogP contribution >= 0.6 is 0 Å². The lowest BCUT2D eigenvalue weighted by Gasteiger charge is -2.09. The van der Waals surface area contributed by atoms with Gasteiger partial charge in [0.1, 0.15) is 18.1 Å². The number of nitrogens with one attached hydrogen (secondary N) is 1. The molecule has 0 aliphatic rings. The SMILES string of the molecule is CCOc1ccc(C(=O)Nc2cccc(OCCOC)c2)cc1. The first-order valence-electron chi connectivity index (χ1n) is 7.49. The minimum absolute atomic E-state index is 0.179. The average Bonchev–Trinajstić information content (AvgIpc) is 2.56. The second kappa shape index (κ2) is 8.80. The van der Waals surface area contributed by atoms with Crippen LogP contribution in [0.4, 0.5) is 5.69 Å². The molecule has 0 aliphatic carbocycles. The number of benzene rings is 2. The van der Waals surface area contributed by atoms with Crippen LogP contribution in [0.2, 0.25) is 0 Å². The van der Waals surface area contributed by atoms with E-state index in [4.69, 9.17) is 14.2 Å². The third kappa shape index (κ3) is 5.30. The van der Waals surface area contributed by atoms with Crippen molar-refractivity contribution in [1.82, 2.24) is 0 Å². The quantitative estimate of drug-likeness (QED) is 0.759. The minimum atomic E-state index is -0.179. The van der Waals surface area contributed by atoms with E-state index in [1.54, 1.807) is 37.4 Å². The molecular weight excluding hydrogens is 294 g/mol. The second-order valence-electron chi connectivity index (χ2n) is 4.78. The fraction of sp³-hybridized carbons (Fsp3) is 0.278. The first kappa shape index (κ1) is 16.8. The van der Waals surface area contributed by atoms with E-state index in [1.807, 2.05) is 25.1 Å². The molecule has 0 unspecified atom stereocenters. The number of amides is 1. The summed E-state index contributed by atoms with van der Waals surface area (Å²) in [5.41, 5.74) is 1.25. The maximum atomic E-state index is 12.2. The Hall–Kier alpha value is -2.53. The number of hydrogen-bond acceptors (Lipinski definition) is 4. The summed E-state index contributed by atoms with van der Waals surface area (Å²) in [5, 5.41) is 2.85. The number of methoxy groups -OCH3 is 1. The van der Waals surface area contributed by atoms with Crippen molar-refractivity contribution in [3.05, 3.63) is 54.1 Å². The van der Waals surface area contributed by atoms with Gasteiger partial charge in [0.05, 0.1) is 13.2 Å². The lowest BCUT2D eigenvalue weighted by Crippen LogP contribution is -2.12. The normalized spacial score (nSPS) is 10.2. The maximum absolute atomic E-state index is 12.2. The van der Waals surface area contributed by atoms with E-state index in [-0.39, 0.29) is 5.91 Å². The Morgan fingerprint density at radius 3 is 2.48 bits per heavy atom. The molecule has 0 aliphatic heterocycles. The maximum Gasteiger partial charge on any atom is 0.255 e. The highest BCUT2D eigenvalue weighted by molar-refractivity contribution is 6.04. The molecule has 0 atom stereocenters. The number of ether oxygens (including phenoxy) is 3. The Kier molecular flexibility index (Phi) is 6.44. The number of carbonyl (C=O) groups excluding carboxylic acids is 1. The summed E-state index contributed by atoms with van der Waals surface area (Å²) in [4.78, 5) is 12.2. The summed E-state index contributed by atoms with van der Waals surface area (Å²) < 4.78 is 15.8. The molecule has 0 aromatic heterocycles. The Balaban J connectivity index is 1.97. The van der Waals surface area contributed by atoms with Crippen molar-refractivity contribution in [3.8, 4) is 11.5 Å². The van der Waals surface area contributed by atoms with Gasteiger partial charge in [-0.05, 0) is 43.3 Å². The van der Waals surface area contributed by atoms with Gasteiger partial charge in [-0.15, -0.1) is 0 Å². The summed E-state index contributed by atoms with van der Waals surface area (Å²) in [6.45, 7) is 3.50. The van der Waals surface area contributed by atoms with E-state index in [0.29, 0.717) is 36.8 Å². The van der Waals surface area contributed by atoms with Crippen LogP contribution in [0.5, 0.6) is 11.5 Å². The van der Waals surface area contributed by atoms with Crippen LogP contribution < -0.4 is 14.8 Å². The van der Waals surface area contributed by atoms with Crippen molar-refractivity contribution in [2.45, 2.75) is 6.92 Å². The molecule has 2 rings (SSSR count). The first-order valence-corrected chi connectivity index (χ1v) is 7.49. The number of anilines is 1. The summed E-state index contributed by atoms with van der Waals surface area (Å²) in [6.07, 6.45) is 0. The van der Waals surface area contributed by atoms with Crippen molar-refractivity contribution in [3.63, 3.8) is 0 Å². The zero-order valence-electron chi connectivity index (χ0n) is 13.4. The number of hydrogen-bond donors (Lipinski definition) is 1. The standard InChI is InChI=1S/C18H21NO4/c1-3-22-16-9-7-14(8-10-16)18(20)19-15-5-4-6-17(13-15)23-12-11-21-2/h4-10,13H,3,11-12H2,1-2H3,(H,19,20). The summed E-state index contributed by atoms with van der Waals surface area (Å²) in [5.74, 6) is 1.26. The highest BCUT2D eigenvalue weighted by Gasteiger charge is 2.07. The molecule has 5 nitrogen and oxygen atoms in total. The molecule has 0 fully saturated rings. The predicted octanol–water partition coefficient (Wildman–Crippen LogP) is 3.36. The summed E-state index contributed by atoms with van der Waals surface area (Å²) >= 11 is 0. The van der Waals surface area contributed by atoms with Gasteiger partial charge in [0.25, 0.3) is 5.91 Å². The van der Waals surface area contributed by atoms with Crippen LogP contribution in [0.3, 0.4) is 0 Å². The monoisotopic (exact) mass is 315 g/mol. The molecule has 122 valence electrons. The molecule has 0 bridgehead atoms. The molecule has 23 heavy (non-hydrogen) atoms. The van der Waals surface area contributed by atoms with Gasteiger partial charge in [-0.2, -0.15) is 0 Å². The molecule has 0 heterocycles. The van der Waals surface area contributed by atoms with Crippen molar-refractivity contribution in [1.29, 1.82) is 0 Å². The van der Waals surface area contributed by atoms with Crippen LogP contribution in [-0.2, 0) is 4.74 Å². The highest BCUT2D eigenvalue weighted by atomic mass is 16.5. The summed E-state index contributed by atoms with van der Waals surface area (Å²) in [7, 11) is 1.62. The van der Waals surface area contributed by atoms with E-state index >= 15 is 0 Å². The Bertz CT molecular complexity index is 625. The van der Waals surface area contributed by atoms with E-state index in [0.717, 1.165) is 5.75 Å². The second-order valence-corrected chi connectivity index (χ2v) is 4.78. The third-order valence-electron chi connectivity index (χ3n) is 3.08. The van der Waals surface area contributed by atoms with E-state index in [2.05, 4.69) is 5.32 Å². The summed E-state index contributed by atoms with van der Waals surface area (Å²) in [6, 6.07) is 14.3. The highest BCUT2D eigenvalue weighted by Crippen LogP contribution is 2.19. The molecule has 0 saturated heterocycles. The lowest BCUT2D eigenvalue weighted by molar-refractivity contribution is 0.102. The van der Waals surface area contributed by atoms with Crippen LogP contribution in [0.15, 0.2) is 48.5 Å². The molecule has 1 N–H and O–H groups in total. The van der Waals surface area contributed by atoms with Crippen LogP contribution in [0.25, 0.3) is 0 Å². The Labute approximate surface area is 136 Å². The molecule has 0 saturated carbocycles. The molecule has 0 spiro atoms. The van der Waals surface area contributed by atoms with Gasteiger partial charge in [0.15, 0.2) is 0 Å². The first-order chi connectivity index (χ1) is 11.2. The minimum Gasteiger partial charge on any atom is -0.494 e. The molecule has 2 aromatic carbocycles. The molecule has 2 aromatic rings. The van der Waals surface area contributed by atoms with Gasteiger partial charge < -0.3 is 19.5 Å². The van der Waals surface area contributed by atoms with E-state index < -0.39 is 0 Å². The number of carbonyl (C=O) groups is 1. The van der Waals surface area contributed by atoms with Gasteiger partial charge in [0, 0.05) is 24.4 Å². The van der Waals surface area contributed by atoms with E-state index in [9.17, 15) is 4.79 Å². The zero-order chi connectivity index (χ0) is 16.5. The average molecular weight is 315 g/mol. The topological polar surface area (TPSA) is 56.8 Å². The molecular formula is C18H21NO4. The lowest BCUT2D eigenvalue weighted by atomic mass is 10.2. The molecule has 0 radical (unpaired) electrons. The molecule has 1 amide bonds. The number of rotatable bonds is 8. The van der Waals surface area contributed by atoms with Crippen molar-refractivity contribution < 1.29 is 19.0 Å². The van der Waals surface area contributed by atoms with Crippen LogP contribution in [0, 0.1) is 0 Å². The van der Waals surface area contributed by atoms with Gasteiger partial charge in [0.2, 0.25) is 0 Å². The molecule has 5 heteroatoms. The predicted molar refractivity (Wildman–Crippen MR) is 89.4 cm³/mol. The van der Waals surface area contributed by atoms with Crippen molar-refractivity contribution in [2.75, 3.05) is 32.2 Å². The Morgan fingerprint density at radius 1 is 1.00 bits per heavy atom. The van der Waals surface area contributed by atoms with Gasteiger partial charge in [-0.1, -0.05) is 6.07 Å². The van der Waals surface area contributed by atoms with Crippen LogP contribution in [0.1, 0.15) is 17.3 Å². The van der Waals surface area contributed by atoms with Gasteiger partial charge >= 0.3 is 0 Å². The van der Waals surface area contributed by atoms with Gasteiger partial charge in [-0.3, -0.25) is 4.79 Å². The smallest absolute Gasteiger partial charge is 0.255 e. The van der Waals surface area contributed by atoms with Crippen molar-refractivity contribution in [2.24, 2.45) is 0 Å². The van der Waals surface area contributed by atoms with Crippen molar-refractivity contribution >= 4 is 11.6 Å². The van der Waals surface area contributed by atoms with Gasteiger partial charge in [-0.25, -0.2) is 0 Å². The third-order valence-corrected chi connectivity index (χ3v) is 3.08. The van der Waals surface area contributed by atoms with E-state index in [1.165, 1.54) is 0 Å². The zero-order valence-corrected chi connectivity index (χ0v) is 13.4.